The molecule has 0 aliphatic carbocycles. The molecule has 3 N–H and O–H groups in total. The Morgan fingerprint density at radius 2 is 0.806 bits per heavy atom. The van der Waals surface area contributed by atoms with Crippen molar-refractivity contribution < 1.29 is 24.5 Å². The van der Waals surface area contributed by atoms with Crippen LogP contribution in [0.25, 0.3) is 0 Å². The maximum atomic E-state index is 13.3. The number of esters is 1. The summed E-state index contributed by atoms with van der Waals surface area (Å²) in [4.78, 5) is 26.3. The lowest BCUT2D eigenvalue weighted by atomic mass is 10.0. The highest BCUT2D eigenvalue weighted by Gasteiger charge is 2.24. The average molecular weight is 943 g/mol. The number of unbranched alkanes of at least 4 members (excludes halogenated alkanes) is 36. The van der Waals surface area contributed by atoms with Crippen molar-refractivity contribution in [1.82, 2.24) is 5.32 Å². The number of ether oxygens (including phenoxy) is 1. The quantitative estimate of drug-likeness (QED) is 0.0321. The van der Waals surface area contributed by atoms with Gasteiger partial charge in [0.25, 0.3) is 0 Å². The molecule has 0 aromatic carbocycles. The number of aliphatic hydroxyl groups excluding tert-OH is 2. The minimum Gasteiger partial charge on any atom is -0.462 e. The molecular formula is C61H115NO5. The molecular weight excluding hydrogens is 827 g/mol. The molecule has 3 atom stereocenters. The van der Waals surface area contributed by atoms with Gasteiger partial charge in [-0.25, -0.2) is 0 Å². The summed E-state index contributed by atoms with van der Waals surface area (Å²) in [6, 6.07) is -0.712. The van der Waals surface area contributed by atoms with Gasteiger partial charge in [-0.15, -0.1) is 0 Å². The van der Waals surface area contributed by atoms with Crippen LogP contribution in [-0.4, -0.2) is 46.9 Å². The van der Waals surface area contributed by atoms with Crippen molar-refractivity contribution in [2.24, 2.45) is 0 Å². The first-order valence-corrected chi connectivity index (χ1v) is 29.7. The van der Waals surface area contributed by atoms with Crippen molar-refractivity contribution in [3.05, 3.63) is 36.5 Å². The molecule has 0 saturated heterocycles. The van der Waals surface area contributed by atoms with E-state index in [1.54, 1.807) is 0 Å². The highest BCUT2D eigenvalue weighted by molar-refractivity contribution is 5.77. The molecule has 67 heavy (non-hydrogen) atoms. The van der Waals surface area contributed by atoms with E-state index in [0.29, 0.717) is 19.3 Å². The summed E-state index contributed by atoms with van der Waals surface area (Å²) in [5.74, 6) is -0.495. The third-order valence-corrected chi connectivity index (χ3v) is 13.7. The van der Waals surface area contributed by atoms with Crippen LogP contribution in [-0.2, 0) is 14.3 Å². The van der Waals surface area contributed by atoms with Gasteiger partial charge in [0.1, 0.15) is 6.10 Å². The number of aliphatic hydroxyl groups is 2. The Kier molecular flexibility index (Phi) is 53.4. The molecule has 0 aliphatic rings. The fourth-order valence-corrected chi connectivity index (χ4v) is 9.27. The molecule has 394 valence electrons. The lowest BCUT2D eigenvalue weighted by molar-refractivity contribution is -0.151. The highest BCUT2D eigenvalue weighted by Crippen LogP contribution is 2.19. The summed E-state index contributed by atoms with van der Waals surface area (Å²) in [5.41, 5.74) is 0. The number of carbonyl (C=O) groups excluding carboxylic acids is 2. The number of carbonyl (C=O) groups is 2. The highest BCUT2D eigenvalue weighted by atomic mass is 16.5. The third-order valence-electron chi connectivity index (χ3n) is 13.7. The van der Waals surface area contributed by atoms with E-state index in [9.17, 15) is 19.8 Å². The van der Waals surface area contributed by atoms with E-state index in [4.69, 9.17) is 4.74 Å². The van der Waals surface area contributed by atoms with Crippen LogP contribution >= 0.6 is 0 Å². The summed E-state index contributed by atoms with van der Waals surface area (Å²) in [6.45, 7) is 6.40. The van der Waals surface area contributed by atoms with E-state index < -0.39 is 18.2 Å². The average Bonchev–Trinajstić information content (AvgIpc) is 3.32. The van der Waals surface area contributed by atoms with Crippen LogP contribution in [0.15, 0.2) is 36.5 Å². The van der Waals surface area contributed by atoms with Crippen LogP contribution in [0.4, 0.5) is 0 Å². The summed E-state index contributed by atoms with van der Waals surface area (Å²) < 4.78 is 5.94. The van der Waals surface area contributed by atoms with Crippen LogP contribution in [0, 0.1) is 0 Å². The molecule has 0 fully saturated rings. The summed E-state index contributed by atoms with van der Waals surface area (Å²) >= 11 is 0. The van der Waals surface area contributed by atoms with Gasteiger partial charge in [-0.2, -0.15) is 0 Å². The Labute approximate surface area is 417 Å². The molecule has 0 saturated carbocycles. The molecule has 6 heteroatoms. The zero-order valence-corrected chi connectivity index (χ0v) is 45.0. The molecule has 0 aromatic rings. The second kappa shape index (κ2) is 55.0. The lowest BCUT2D eigenvalue weighted by Gasteiger charge is -2.24. The monoisotopic (exact) mass is 942 g/mol. The molecule has 0 spiro atoms. The van der Waals surface area contributed by atoms with Gasteiger partial charge in [-0.1, -0.05) is 282 Å². The number of amides is 1. The van der Waals surface area contributed by atoms with Crippen LogP contribution in [0.2, 0.25) is 0 Å². The Bertz CT molecular complexity index is 1100. The fourth-order valence-electron chi connectivity index (χ4n) is 9.27. The van der Waals surface area contributed by atoms with E-state index in [0.717, 1.165) is 77.0 Å². The minimum atomic E-state index is -0.796. The van der Waals surface area contributed by atoms with Gasteiger partial charge >= 0.3 is 5.97 Å². The first-order chi connectivity index (χ1) is 33.0. The molecule has 6 nitrogen and oxygen atoms in total. The molecule has 0 radical (unpaired) electrons. The van der Waals surface area contributed by atoms with E-state index in [1.807, 2.05) is 0 Å². The molecule has 0 rings (SSSR count). The Hall–Kier alpha value is -1.92. The third kappa shape index (κ3) is 50.3. The Balaban J connectivity index is 4.45. The number of nitrogens with one attached hydrogen (secondary N) is 1. The lowest BCUT2D eigenvalue weighted by Crippen LogP contribution is -2.46. The van der Waals surface area contributed by atoms with Gasteiger partial charge in [0.15, 0.2) is 0 Å². The SMILES string of the molecule is CC/C=C/C/C=C/C/C=C/CCCCC(CC(=O)NC(CO)C(O)CCCCCCCCCCCCCCCCCCC)OC(=O)CCCCCCCCCCCCCCCCCCCCC. The van der Waals surface area contributed by atoms with E-state index in [2.05, 4.69) is 62.5 Å². The van der Waals surface area contributed by atoms with Gasteiger partial charge in [0.05, 0.1) is 25.2 Å². The molecule has 0 aromatic heterocycles. The summed E-state index contributed by atoms with van der Waals surface area (Å²) in [7, 11) is 0. The van der Waals surface area contributed by atoms with Crippen molar-refractivity contribution in [3.8, 4) is 0 Å². The number of hydrogen-bond donors (Lipinski definition) is 3. The number of rotatable bonds is 54. The number of allylic oxidation sites excluding steroid dienone is 6. The zero-order valence-electron chi connectivity index (χ0n) is 45.0. The Morgan fingerprint density at radius 1 is 0.448 bits per heavy atom. The topological polar surface area (TPSA) is 95.9 Å². The minimum absolute atomic E-state index is 0.0559. The normalized spacial score (nSPS) is 13.3. The first kappa shape index (κ1) is 65.1. The zero-order chi connectivity index (χ0) is 48.8. The smallest absolute Gasteiger partial charge is 0.306 e. The van der Waals surface area contributed by atoms with E-state index in [1.165, 1.54) is 193 Å². The van der Waals surface area contributed by atoms with Gasteiger partial charge in [-0.3, -0.25) is 9.59 Å². The standard InChI is InChI=1S/C61H115NO5/c1-4-7-10-13-16-19-22-25-27-29-30-32-34-36-39-42-45-48-51-54-61(66)67-57(52-49-46-43-40-37-24-21-18-15-12-9-6-3)55-60(65)62-58(56-63)59(64)53-50-47-44-41-38-35-33-31-28-26-23-20-17-14-11-8-5-2/h9,12,18,21,37,40,57-59,63-64H,4-8,10-11,13-17,19-20,22-36,38-39,41-56H2,1-3H3,(H,62,65)/b12-9+,21-18+,40-37+. The number of hydrogen-bond acceptors (Lipinski definition) is 5. The van der Waals surface area contributed by atoms with Crippen molar-refractivity contribution in [2.45, 2.75) is 334 Å². The van der Waals surface area contributed by atoms with Crippen LogP contribution in [0.5, 0.6) is 0 Å². The van der Waals surface area contributed by atoms with E-state index >= 15 is 0 Å². The Morgan fingerprint density at radius 3 is 1.21 bits per heavy atom. The van der Waals surface area contributed by atoms with Crippen molar-refractivity contribution >= 4 is 11.9 Å². The molecule has 3 unspecified atom stereocenters. The van der Waals surface area contributed by atoms with Gasteiger partial charge < -0.3 is 20.3 Å². The molecule has 0 heterocycles. The molecule has 0 bridgehead atoms. The largest absolute Gasteiger partial charge is 0.462 e. The second-order valence-electron chi connectivity index (χ2n) is 20.4. The second-order valence-corrected chi connectivity index (χ2v) is 20.4. The van der Waals surface area contributed by atoms with Crippen LogP contribution < -0.4 is 5.32 Å². The summed E-state index contributed by atoms with van der Waals surface area (Å²) in [6.07, 6.45) is 66.6. The van der Waals surface area contributed by atoms with Crippen LogP contribution in [0.3, 0.4) is 0 Å². The summed E-state index contributed by atoms with van der Waals surface area (Å²) in [5, 5.41) is 23.9. The first-order valence-electron chi connectivity index (χ1n) is 29.7. The maximum absolute atomic E-state index is 13.3. The predicted octanol–water partition coefficient (Wildman–Crippen LogP) is 18.4. The predicted molar refractivity (Wildman–Crippen MR) is 292 cm³/mol. The van der Waals surface area contributed by atoms with Crippen LogP contribution in [0.1, 0.15) is 316 Å². The van der Waals surface area contributed by atoms with Gasteiger partial charge in [0, 0.05) is 6.42 Å². The molecule has 1 amide bonds. The van der Waals surface area contributed by atoms with Crippen molar-refractivity contribution in [3.63, 3.8) is 0 Å². The van der Waals surface area contributed by atoms with Crippen molar-refractivity contribution in [2.75, 3.05) is 6.61 Å². The van der Waals surface area contributed by atoms with Gasteiger partial charge in [-0.05, 0) is 57.8 Å². The van der Waals surface area contributed by atoms with Crippen molar-refractivity contribution in [1.29, 1.82) is 0 Å². The van der Waals surface area contributed by atoms with Gasteiger partial charge in [0.2, 0.25) is 5.91 Å². The maximum Gasteiger partial charge on any atom is 0.306 e. The molecule has 0 aliphatic heterocycles. The van der Waals surface area contributed by atoms with E-state index in [-0.39, 0.29) is 24.9 Å². The fraction of sp³-hybridized carbons (Fsp3) is 0.869.